The molecule has 30 heavy (non-hydrogen) atoms. The van der Waals surface area contributed by atoms with Crippen LogP contribution >= 0.6 is 11.6 Å². The number of anilines is 2. The number of rotatable bonds is 5. The molecule has 0 bridgehead atoms. The van der Waals surface area contributed by atoms with Crippen molar-refractivity contribution >= 4 is 40.6 Å². The van der Waals surface area contributed by atoms with Crippen LogP contribution in [0.25, 0.3) is 11.1 Å². The van der Waals surface area contributed by atoms with Crippen molar-refractivity contribution in [3.63, 3.8) is 0 Å². The van der Waals surface area contributed by atoms with Crippen molar-refractivity contribution in [2.75, 3.05) is 10.6 Å². The molecule has 1 unspecified atom stereocenters. The lowest BCUT2D eigenvalue weighted by molar-refractivity contribution is -0.384. The molecule has 1 aliphatic rings. The SMILES string of the molecule is Cc1nn2c(c1-c1ccc(Cl)cc1)NC(=O)C2CC(=O)Nc1ccc([N+](=O)[O-])cc1. The monoisotopic (exact) mass is 425 g/mol. The van der Waals surface area contributed by atoms with Gasteiger partial charge in [0, 0.05) is 28.4 Å². The van der Waals surface area contributed by atoms with Crippen LogP contribution in [-0.4, -0.2) is 26.5 Å². The summed E-state index contributed by atoms with van der Waals surface area (Å²) in [5.74, 6) is -0.197. The molecule has 1 aromatic heterocycles. The van der Waals surface area contributed by atoms with Gasteiger partial charge in [-0.1, -0.05) is 23.7 Å². The van der Waals surface area contributed by atoms with Gasteiger partial charge >= 0.3 is 0 Å². The summed E-state index contributed by atoms with van der Waals surface area (Å²) in [4.78, 5) is 35.2. The van der Waals surface area contributed by atoms with Gasteiger partial charge in [0.2, 0.25) is 5.91 Å². The summed E-state index contributed by atoms with van der Waals surface area (Å²) in [5, 5.41) is 21.2. The number of hydrogen-bond donors (Lipinski definition) is 2. The summed E-state index contributed by atoms with van der Waals surface area (Å²) in [6.45, 7) is 1.83. The maximum atomic E-state index is 12.5. The minimum atomic E-state index is -0.794. The van der Waals surface area contributed by atoms with E-state index in [2.05, 4.69) is 15.7 Å². The Kier molecular flexibility index (Phi) is 4.96. The first-order chi connectivity index (χ1) is 14.3. The molecule has 10 heteroatoms. The lowest BCUT2D eigenvalue weighted by Gasteiger charge is -2.10. The maximum absolute atomic E-state index is 12.5. The van der Waals surface area contributed by atoms with E-state index in [1.54, 1.807) is 12.1 Å². The second kappa shape index (κ2) is 7.60. The van der Waals surface area contributed by atoms with E-state index in [-0.39, 0.29) is 18.0 Å². The molecule has 0 saturated carbocycles. The molecule has 2 amide bonds. The molecule has 1 atom stereocenters. The molecule has 0 aliphatic carbocycles. The quantitative estimate of drug-likeness (QED) is 0.474. The number of nitrogens with zero attached hydrogens (tertiary/aromatic N) is 3. The van der Waals surface area contributed by atoms with Crippen molar-refractivity contribution in [1.82, 2.24) is 9.78 Å². The molecular formula is C20H16ClN5O4. The fourth-order valence-corrected chi connectivity index (χ4v) is 3.53. The summed E-state index contributed by atoms with van der Waals surface area (Å²) in [5.41, 5.74) is 2.68. The van der Waals surface area contributed by atoms with E-state index in [0.29, 0.717) is 22.2 Å². The molecule has 2 N–H and O–H groups in total. The minimum Gasteiger partial charge on any atom is -0.326 e. The predicted octanol–water partition coefficient (Wildman–Crippen LogP) is 3.94. The van der Waals surface area contributed by atoms with Crippen LogP contribution in [0.3, 0.4) is 0 Å². The Morgan fingerprint density at radius 1 is 1.23 bits per heavy atom. The number of non-ortho nitro benzene ring substituents is 1. The number of aryl methyl sites for hydroxylation is 1. The summed E-state index contributed by atoms with van der Waals surface area (Å²) in [6, 6.07) is 11.9. The van der Waals surface area contributed by atoms with E-state index >= 15 is 0 Å². The molecule has 0 spiro atoms. The van der Waals surface area contributed by atoms with Gasteiger partial charge in [0.15, 0.2) is 0 Å². The summed E-state index contributed by atoms with van der Waals surface area (Å²) < 4.78 is 1.52. The molecule has 1 aliphatic heterocycles. The highest BCUT2D eigenvalue weighted by Crippen LogP contribution is 2.38. The van der Waals surface area contributed by atoms with Crippen LogP contribution in [0.5, 0.6) is 0 Å². The van der Waals surface area contributed by atoms with Gasteiger partial charge < -0.3 is 10.6 Å². The Morgan fingerprint density at radius 2 is 1.90 bits per heavy atom. The van der Waals surface area contributed by atoms with Gasteiger partial charge in [-0.15, -0.1) is 0 Å². The number of nitro benzene ring substituents is 1. The molecule has 4 rings (SSSR count). The van der Waals surface area contributed by atoms with Gasteiger partial charge in [0.1, 0.15) is 11.9 Å². The summed E-state index contributed by atoms with van der Waals surface area (Å²) in [6.07, 6.45) is -0.128. The zero-order chi connectivity index (χ0) is 21.4. The van der Waals surface area contributed by atoms with Gasteiger partial charge in [-0.25, -0.2) is 4.68 Å². The number of nitrogens with one attached hydrogen (secondary N) is 2. The molecule has 152 valence electrons. The van der Waals surface area contributed by atoms with Gasteiger partial charge in [-0.3, -0.25) is 19.7 Å². The van der Waals surface area contributed by atoms with Crippen molar-refractivity contribution in [1.29, 1.82) is 0 Å². The van der Waals surface area contributed by atoms with Crippen LogP contribution in [0.4, 0.5) is 17.2 Å². The molecular weight excluding hydrogens is 410 g/mol. The van der Waals surface area contributed by atoms with Crippen LogP contribution in [0.15, 0.2) is 48.5 Å². The van der Waals surface area contributed by atoms with Gasteiger partial charge in [0.05, 0.1) is 17.0 Å². The second-order valence-corrected chi connectivity index (χ2v) is 7.26. The number of halogens is 1. The Morgan fingerprint density at radius 3 is 2.53 bits per heavy atom. The van der Waals surface area contributed by atoms with Crippen LogP contribution in [0, 0.1) is 17.0 Å². The van der Waals surface area contributed by atoms with Crippen molar-refractivity contribution in [2.45, 2.75) is 19.4 Å². The highest BCUT2D eigenvalue weighted by atomic mass is 35.5. The number of fused-ring (bicyclic) bond motifs is 1. The maximum Gasteiger partial charge on any atom is 0.269 e. The van der Waals surface area contributed by atoms with E-state index in [4.69, 9.17) is 11.6 Å². The third-order valence-corrected chi connectivity index (χ3v) is 5.05. The first kappa shape index (κ1) is 19.6. The van der Waals surface area contributed by atoms with Crippen molar-refractivity contribution in [3.8, 4) is 11.1 Å². The van der Waals surface area contributed by atoms with Crippen LogP contribution < -0.4 is 10.6 Å². The third-order valence-electron chi connectivity index (χ3n) is 4.80. The first-order valence-electron chi connectivity index (χ1n) is 9.03. The van der Waals surface area contributed by atoms with Crippen molar-refractivity contribution < 1.29 is 14.5 Å². The number of carbonyl (C=O) groups is 2. The summed E-state index contributed by atoms with van der Waals surface area (Å²) >= 11 is 5.96. The molecule has 2 aromatic carbocycles. The smallest absolute Gasteiger partial charge is 0.269 e. The van der Waals surface area contributed by atoms with Crippen molar-refractivity contribution in [3.05, 3.63) is 69.4 Å². The lowest BCUT2D eigenvalue weighted by Crippen LogP contribution is -2.23. The molecule has 9 nitrogen and oxygen atoms in total. The minimum absolute atomic E-state index is 0.0745. The van der Waals surface area contributed by atoms with Crippen LogP contribution in [-0.2, 0) is 9.59 Å². The highest BCUT2D eigenvalue weighted by molar-refractivity contribution is 6.30. The molecule has 0 saturated heterocycles. The largest absolute Gasteiger partial charge is 0.326 e. The fraction of sp³-hybridized carbons (Fsp3) is 0.150. The van der Waals surface area contributed by atoms with Gasteiger partial charge in [-0.05, 0) is 36.8 Å². The number of amides is 2. The molecule has 3 aromatic rings. The zero-order valence-electron chi connectivity index (χ0n) is 15.8. The van der Waals surface area contributed by atoms with E-state index in [1.807, 2.05) is 19.1 Å². The van der Waals surface area contributed by atoms with Gasteiger partial charge in [-0.2, -0.15) is 5.10 Å². The van der Waals surface area contributed by atoms with E-state index in [1.165, 1.54) is 28.9 Å². The topological polar surface area (TPSA) is 119 Å². The van der Waals surface area contributed by atoms with E-state index in [9.17, 15) is 19.7 Å². The first-order valence-corrected chi connectivity index (χ1v) is 9.41. The Balaban J connectivity index is 1.53. The van der Waals surface area contributed by atoms with Gasteiger partial charge in [0.25, 0.3) is 11.6 Å². The Labute approximate surface area is 175 Å². The molecule has 2 heterocycles. The Hall–Kier alpha value is -3.72. The van der Waals surface area contributed by atoms with Crippen molar-refractivity contribution in [2.24, 2.45) is 0 Å². The zero-order valence-corrected chi connectivity index (χ0v) is 16.5. The second-order valence-electron chi connectivity index (χ2n) is 6.82. The standard InChI is InChI=1S/C20H16ClN5O4/c1-11-18(12-2-4-13(21)5-3-12)19-23-20(28)16(25(19)24-11)10-17(27)22-14-6-8-15(9-7-14)26(29)30/h2-9,16H,10H2,1H3,(H,22,27)(H,23,28). The van der Waals surface area contributed by atoms with Crippen LogP contribution in [0.2, 0.25) is 5.02 Å². The highest BCUT2D eigenvalue weighted by Gasteiger charge is 2.36. The lowest BCUT2D eigenvalue weighted by atomic mass is 10.1. The average molecular weight is 426 g/mol. The number of benzene rings is 2. The number of carbonyl (C=O) groups excluding carboxylic acids is 2. The number of hydrogen-bond acceptors (Lipinski definition) is 5. The molecule has 0 fully saturated rings. The summed E-state index contributed by atoms with van der Waals surface area (Å²) in [7, 11) is 0. The van der Waals surface area contributed by atoms with Crippen LogP contribution in [0.1, 0.15) is 18.2 Å². The van der Waals surface area contributed by atoms with E-state index in [0.717, 1.165) is 11.1 Å². The molecule has 0 radical (unpaired) electrons. The average Bonchev–Trinajstić information content (AvgIpc) is 3.17. The number of nitro groups is 1. The number of aromatic nitrogens is 2. The van der Waals surface area contributed by atoms with E-state index < -0.39 is 16.9 Å². The third kappa shape index (κ3) is 3.62. The predicted molar refractivity (Wildman–Crippen MR) is 111 cm³/mol. The Bertz CT molecular complexity index is 1160. The normalized spacial score (nSPS) is 14.9. The fourth-order valence-electron chi connectivity index (χ4n) is 3.40.